The molecule has 2 aromatic carbocycles. The maximum atomic E-state index is 12.7. The molecule has 0 spiro atoms. The number of nitrogens with one attached hydrogen (secondary N) is 2. The molecule has 8 heteroatoms. The summed E-state index contributed by atoms with van der Waals surface area (Å²) in [5, 5.41) is 15.1. The Kier molecular flexibility index (Phi) is 7.46. The van der Waals surface area contributed by atoms with E-state index in [4.69, 9.17) is 9.47 Å². The Labute approximate surface area is 180 Å². The van der Waals surface area contributed by atoms with Crippen molar-refractivity contribution in [1.29, 1.82) is 0 Å². The molecule has 0 aromatic heterocycles. The van der Waals surface area contributed by atoms with Crippen LogP contribution in [0.3, 0.4) is 0 Å². The van der Waals surface area contributed by atoms with Gasteiger partial charge in [0.1, 0.15) is 0 Å². The zero-order chi connectivity index (χ0) is 21.5. The van der Waals surface area contributed by atoms with Gasteiger partial charge < -0.3 is 25.2 Å². The molecular weight excluding hydrogens is 404 g/mol. The molecule has 0 unspecified atom stereocenters. The van der Waals surface area contributed by atoms with E-state index in [-0.39, 0.29) is 25.2 Å². The number of urea groups is 1. The van der Waals surface area contributed by atoms with Gasteiger partial charge in [-0.25, -0.2) is 4.79 Å². The fourth-order valence-electron chi connectivity index (χ4n) is 3.03. The molecule has 2 aromatic rings. The number of benzene rings is 2. The summed E-state index contributed by atoms with van der Waals surface area (Å²) in [6, 6.07) is 14.0. The van der Waals surface area contributed by atoms with Crippen LogP contribution in [0.1, 0.15) is 31.9 Å². The Morgan fingerprint density at radius 3 is 2.50 bits per heavy atom. The minimum absolute atomic E-state index is 0.0718. The third-order valence-corrected chi connectivity index (χ3v) is 5.91. The van der Waals surface area contributed by atoms with Crippen LogP contribution in [0, 0.1) is 5.92 Å². The predicted octanol–water partition coefficient (Wildman–Crippen LogP) is 4.05. The summed E-state index contributed by atoms with van der Waals surface area (Å²) in [5.74, 6) is 1.08. The normalized spacial score (nSPS) is 14.2. The summed E-state index contributed by atoms with van der Waals surface area (Å²) in [6.07, 6.45) is -0.238. The largest absolute Gasteiger partial charge is 0.481 e. The summed E-state index contributed by atoms with van der Waals surface area (Å²) in [7, 11) is 0. The number of ether oxygens (including phenoxy) is 2. The van der Waals surface area contributed by atoms with Crippen molar-refractivity contribution in [1.82, 2.24) is 10.6 Å². The number of thioether (sulfide) groups is 1. The van der Waals surface area contributed by atoms with Crippen molar-refractivity contribution < 1.29 is 24.2 Å². The van der Waals surface area contributed by atoms with E-state index in [0.29, 0.717) is 22.8 Å². The van der Waals surface area contributed by atoms with Gasteiger partial charge in [0, 0.05) is 16.7 Å². The summed E-state index contributed by atoms with van der Waals surface area (Å²) < 4.78 is 10.7. The molecule has 0 aliphatic carbocycles. The Bertz CT molecular complexity index is 875. The Balaban J connectivity index is 1.64. The van der Waals surface area contributed by atoms with Gasteiger partial charge in [0.05, 0.1) is 12.5 Å². The first-order valence-corrected chi connectivity index (χ1v) is 10.8. The lowest BCUT2D eigenvalue weighted by Crippen LogP contribution is -2.47. The van der Waals surface area contributed by atoms with E-state index in [2.05, 4.69) is 10.6 Å². The first-order valence-electron chi connectivity index (χ1n) is 9.78. The molecule has 30 heavy (non-hydrogen) atoms. The summed E-state index contributed by atoms with van der Waals surface area (Å²) in [6.45, 7) is 4.22. The van der Waals surface area contributed by atoms with Gasteiger partial charge in [-0.2, -0.15) is 0 Å². The molecule has 160 valence electrons. The van der Waals surface area contributed by atoms with Crippen molar-refractivity contribution >= 4 is 23.8 Å². The number of aliphatic carboxylic acids is 1. The third kappa shape index (κ3) is 6.06. The van der Waals surface area contributed by atoms with E-state index < -0.39 is 18.0 Å². The lowest BCUT2D eigenvalue weighted by atomic mass is 10.0. The number of rotatable bonds is 9. The van der Waals surface area contributed by atoms with Gasteiger partial charge in [-0.3, -0.25) is 4.79 Å². The van der Waals surface area contributed by atoms with Crippen molar-refractivity contribution in [3.63, 3.8) is 0 Å². The second kappa shape index (κ2) is 10.2. The molecule has 2 amide bonds. The maximum Gasteiger partial charge on any atom is 0.315 e. The Morgan fingerprint density at radius 1 is 1.07 bits per heavy atom. The maximum absolute atomic E-state index is 12.7. The quantitative estimate of drug-likeness (QED) is 0.520. The highest BCUT2D eigenvalue weighted by molar-refractivity contribution is 7.99. The number of carboxylic acid groups (broad SMARTS) is 1. The van der Waals surface area contributed by atoms with Crippen molar-refractivity contribution in [2.45, 2.75) is 37.2 Å². The second-order valence-corrected chi connectivity index (χ2v) is 8.45. The average Bonchev–Trinajstić information content (AvgIpc) is 3.18. The molecule has 0 radical (unpaired) electrons. The summed E-state index contributed by atoms with van der Waals surface area (Å²) in [4.78, 5) is 25.2. The number of amides is 2. The molecule has 0 saturated heterocycles. The number of carbonyl (C=O) groups excluding carboxylic acids is 1. The van der Waals surface area contributed by atoms with Gasteiger partial charge in [0.15, 0.2) is 11.5 Å². The molecular formula is C22H26N2O5S. The van der Waals surface area contributed by atoms with Gasteiger partial charge in [-0.05, 0) is 35.7 Å². The fraction of sp³-hybridized carbons (Fsp3) is 0.364. The number of hydrogen-bond acceptors (Lipinski definition) is 5. The zero-order valence-corrected chi connectivity index (χ0v) is 17.8. The average molecular weight is 431 g/mol. The highest BCUT2D eigenvalue weighted by Gasteiger charge is 2.23. The molecule has 0 fully saturated rings. The number of hydrogen-bond donors (Lipinski definition) is 3. The molecule has 2 atom stereocenters. The van der Waals surface area contributed by atoms with Crippen molar-refractivity contribution in [3.05, 3.63) is 54.1 Å². The van der Waals surface area contributed by atoms with Crippen LogP contribution in [0.15, 0.2) is 53.4 Å². The topological polar surface area (TPSA) is 96.9 Å². The van der Waals surface area contributed by atoms with Gasteiger partial charge in [0.2, 0.25) is 6.79 Å². The minimum atomic E-state index is -1.00. The standard InChI is InChI=1S/C22H26N2O5S/c1-14(2)18(12-30-16-6-4-3-5-7-16)24-22(27)23-17(11-21(25)26)15-8-9-19-20(10-15)29-13-28-19/h3-10,14,17-18H,11-13H2,1-2H3,(H,25,26)(H2,23,24,27)/t17-,18-/m1/s1. The second-order valence-electron chi connectivity index (χ2n) is 7.36. The zero-order valence-electron chi connectivity index (χ0n) is 17.0. The highest BCUT2D eigenvalue weighted by atomic mass is 32.2. The van der Waals surface area contributed by atoms with E-state index in [1.165, 1.54) is 0 Å². The summed E-state index contributed by atoms with van der Waals surface area (Å²) >= 11 is 1.67. The molecule has 1 aliphatic rings. The lowest BCUT2D eigenvalue weighted by molar-refractivity contribution is -0.137. The van der Waals surface area contributed by atoms with Crippen molar-refractivity contribution in [3.8, 4) is 11.5 Å². The van der Waals surface area contributed by atoms with Gasteiger partial charge in [-0.1, -0.05) is 38.1 Å². The molecule has 1 aliphatic heterocycles. The van der Waals surface area contributed by atoms with Crippen LogP contribution in [-0.2, 0) is 4.79 Å². The van der Waals surface area contributed by atoms with Gasteiger partial charge in [0.25, 0.3) is 0 Å². The number of carboxylic acids is 1. The van der Waals surface area contributed by atoms with Crippen LogP contribution in [-0.4, -0.2) is 35.7 Å². The molecule has 3 N–H and O–H groups in total. The molecule has 3 rings (SSSR count). The Hall–Kier alpha value is -2.87. The van der Waals surface area contributed by atoms with Crippen LogP contribution in [0.2, 0.25) is 0 Å². The Morgan fingerprint density at radius 2 is 1.80 bits per heavy atom. The SMILES string of the molecule is CC(C)[C@@H](CSc1ccccc1)NC(=O)N[C@H](CC(=O)O)c1ccc2c(c1)OCO2. The number of fused-ring (bicyclic) bond motifs is 1. The minimum Gasteiger partial charge on any atom is -0.481 e. The highest BCUT2D eigenvalue weighted by Crippen LogP contribution is 2.34. The summed E-state index contributed by atoms with van der Waals surface area (Å²) in [5.41, 5.74) is 0.650. The third-order valence-electron chi connectivity index (χ3n) is 4.78. The van der Waals surface area contributed by atoms with Crippen LogP contribution >= 0.6 is 11.8 Å². The van der Waals surface area contributed by atoms with Crippen LogP contribution in [0.4, 0.5) is 4.79 Å². The van der Waals surface area contributed by atoms with Crippen LogP contribution in [0.5, 0.6) is 11.5 Å². The van der Waals surface area contributed by atoms with Crippen LogP contribution in [0.25, 0.3) is 0 Å². The molecule has 7 nitrogen and oxygen atoms in total. The molecule has 0 bridgehead atoms. The van der Waals surface area contributed by atoms with Crippen molar-refractivity contribution in [2.75, 3.05) is 12.5 Å². The predicted molar refractivity (Wildman–Crippen MR) is 115 cm³/mol. The van der Waals surface area contributed by atoms with E-state index in [1.807, 2.05) is 44.2 Å². The van der Waals surface area contributed by atoms with Crippen molar-refractivity contribution in [2.24, 2.45) is 5.92 Å². The van der Waals surface area contributed by atoms with E-state index in [0.717, 1.165) is 4.90 Å². The first-order chi connectivity index (χ1) is 14.4. The lowest BCUT2D eigenvalue weighted by Gasteiger charge is -2.25. The van der Waals surface area contributed by atoms with Gasteiger partial charge >= 0.3 is 12.0 Å². The molecule has 1 heterocycles. The van der Waals surface area contributed by atoms with E-state index >= 15 is 0 Å². The van der Waals surface area contributed by atoms with Crippen LogP contribution < -0.4 is 20.1 Å². The smallest absolute Gasteiger partial charge is 0.315 e. The van der Waals surface area contributed by atoms with Gasteiger partial charge in [-0.15, -0.1) is 11.8 Å². The monoisotopic (exact) mass is 430 g/mol. The van der Waals surface area contributed by atoms with E-state index in [1.54, 1.807) is 30.0 Å². The number of carbonyl (C=O) groups is 2. The first kappa shape index (κ1) is 21.8. The van der Waals surface area contributed by atoms with E-state index in [9.17, 15) is 14.7 Å². The fourth-order valence-corrected chi connectivity index (χ4v) is 4.22. The molecule has 0 saturated carbocycles.